The molecule has 0 spiro atoms. The number of urea groups is 1. The fourth-order valence-corrected chi connectivity index (χ4v) is 3.80. The monoisotopic (exact) mass is 502 g/mol. The Bertz CT molecular complexity index is 1370. The summed E-state index contributed by atoms with van der Waals surface area (Å²) in [6.45, 7) is 6.39. The van der Waals surface area contributed by atoms with Crippen LogP contribution >= 0.6 is 0 Å². The maximum atomic E-state index is 13.2. The van der Waals surface area contributed by atoms with Gasteiger partial charge in [0.15, 0.2) is 11.5 Å². The van der Waals surface area contributed by atoms with Gasteiger partial charge in [-0.1, -0.05) is 51.1 Å². The number of anilines is 1. The summed E-state index contributed by atoms with van der Waals surface area (Å²) in [5.41, 5.74) is 2.39. The van der Waals surface area contributed by atoms with E-state index in [0.717, 1.165) is 16.0 Å². The lowest BCUT2D eigenvalue weighted by molar-refractivity contribution is -0.122. The number of barbiturate groups is 1. The molecule has 0 unspecified atom stereocenters. The fraction of sp³-hybridized carbons (Fsp3) is 0.207. The van der Waals surface area contributed by atoms with E-state index in [4.69, 9.17) is 9.47 Å². The lowest BCUT2D eigenvalue weighted by Crippen LogP contribution is -2.54. The van der Waals surface area contributed by atoms with E-state index in [-0.39, 0.29) is 23.4 Å². The molecule has 0 saturated carbocycles. The third-order valence-electron chi connectivity index (χ3n) is 5.90. The van der Waals surface area contributed by atoms with Crippen molar-refractivity contribution in [2.24, 2.45) is 0 Å². The summed E-state index contributed by atoms with van der Waals surface area (Å²) in [4.78, 5) is 39.3. The maximum absolute atomic E-state index is 13.2. The Morgan fingerprint density at radius 1 is 0.919 bits per heavy atom. The number of nitrogens with one attached hydrogen (secondary N) is 1. The molecule has 0 atom stereocenters. The Hall–Kier alpha value is -4.46. The first-order chi connectivity index (χ1) is 17.6. The maximum Gasteiger partial charge on any atom is 0.335 e. The van der Waals surface area contributed by atoms with Gasteiger partial charge in [-0.25, -0.2) is 14.1 Å². The van der Waals surface area contributed by atoms with Crippen molar-refractivity contribution in [3.05, 3.63) is 94.8 Å². The van der Waals surface area contributed by atoms with Crippen molar-refractivity contribution in [1.82, 2.24) is 5.32 Å². The molecule has 4 rings (SSSR count). The lowest BCUT2D eigenvalue weighted by Gasteiger charge is -2.27. The topological polar surface area (TPSA) is 84.9 Å². The molecule has 190 valence electrons. The summed E-state index contributed by atoms with van der Waals surface area (Å²) in [5.74, 6) is -1.03. The minimum atomic E-state index is -0.808. The molecule has 3 aromatic rings. The molecule has 3 aromatic carbocycles. The first-order valence-electron chi connectivity index (χ1n) is 11.6. The number of rotatable bonds is 6. The van der Waals surface area contributed by atoms with Crippen LogP contribution in [0.4, 0.5) is 14.9 Å². The third-order valence-corrected chi connectivity index (χ3v) is 5.90. The van der Waals surface area contributed by atoms with Gasteiger partial charge in [0.2, 0.25) is 0 Å². The number of methoxy groups -OCH3 is 1. The number of imide groups is 2. The number of carbonyl (C=O) groups is 3. The number of benzene rings is 3. The number of ether oxygens (including phenoxy) is 2. The molecule has 1 N–H and O–H groups in total. The van der Waals surface area contributed by atoms with E-state index in [2.05, 4.69) is 26.1 Å². The second kappa shape index (κ2) is 10.3. The van der Waals surface area contributed by atoms with Crippen molar-refractivity contribution >= 4 is 29.6 Å². The van der Waals surface area contributed by atoms with Crippen molar-refractivity contribution in [3.8, 4) is 11.5 Å². The Kier molecular flexibility index (Phi) is 7.11. The second-order valence-corrected chi connectivity index (χ2v) is 9.58. The normalized spacial score (nSPS) is 15.1. The predicted octanol–water partition coefficient (Wildman–Crippen LogP) is 5.38. The molecule has 8 heteroatoms. The number of amides is 4. The third kappa shape index (κ3) is 5.69. The average molecular weight is 503 g/mol. The number of carbonyl (C=O) groups excluding carboxylic acids is 3. The Balaban J connectivity index is 1.58. The van der Waals surface area contributed by atoms with Crippen molar-refractivity contribution in [2.45, 2.75) is 32.8 Å². The molecule has 1 fully saturated rings. The minimum Gasteiger partial charge on any atom is -0.493 e. The van der Waals surface area contributed by atoms with Gasteiger partial charge in [0, 0.05) is 0 Å². The van der Waals surface area contributed by atoms with Crippen LogP contribution in [0, 0.1) is 5.82 Å². The molecule has 0 aromatic heterocycles. The average Bonchev–Trinajstić information content (AvgIpc) is 2.86. The van der Waals surface area contributed by atoms with Crippen LogP contribution in [0.15, 0.2) is 72.3 Å². The van der Waals surface area contributed by atoms with Crippen molar-refractivity contribution in [3.63, 3.8) is 0 Å². The van der Waals surface area contributed by atoms with Gasteiger partial charge < -0.3 is 9.47 Å². The number of hydrogen-bond acceptors (Lipinski definition) is 5. The summed E-state index contributed by atoms with van der Waals surface area (Å²) in [6.07, 6.45) is 1.40. The summed E-state index contributed by atoms with van der Waals surface area (Å²) in [5, 5.41) is 2.23. The molecule has 37 heavy (non-hydrogen) atoms. The zero-order chi connectivity index (χ0) is 26.7. The van der Waals surface area contributed by atoms with Gasteiger partial charge in [-0.2, -0.15) is 0 Å². The molecule has 0 radical (unpaired) electrons. The van der Waals surface area contributed by atoms with Gasteiger partial charge in [0.25, 0.3) is 11.8 Å². The number of nitrogens with zero attached hydrogens (tertiary/aromatic N) is 1. The van der Waals surface area contributed by atoms with Gasteiger partial charge in [0.1, 0.15) is 18.0 Å². The fourth-order valence-electron chi connectivity index (χ4n) is 3.80. The standard InChI is InChI=1S/C29H27FN2O5/c1-29(2,3)20-8-12-22(13-9-20)32-27(34)23(26(33)31-28(32)35)15-19-7-14-24(25(16-19)36-4)37-17-18-5-10-21(30)11-6-18/h5-16H,17H2,1-4H3,(H,31,33,35)/b23-15+. The van der Waals surface area contributed by atoms with E-state index < -0.39 is 17.8 Å². The molecule has 0 bridgehead atoms. The van der Waals surface area contributed by atoms with Crippen LogP contribution < -0.4 is 19.7 Å². The quantitative estimate of drug-likeness (QED) is 0.362. The second-order valence-electron chi connectivity index (χ2n) is 9.58. The van der Waals surface area contributed by atoms with E-state index in [0.29, 0.717) is 22.7 Å². The molecule has 0 aliphatic carbocycles. The van der Waals surface area contributed by atoms with Crippen molar-refractivity contribution in [1.29, 1.82) is 0 Å². The van der Waals surface area contributed by atoms with Crippen LogP contribution in [0.5, 0.6) is 11.5 Å². The van der Waals surface area contributed by atoms with Crippen LogP contribution in [0.1, 0.15) is 37.5 Å². The van der Waals surface area contributed by atoms with Crippen LogP contribution in [0.3, 0.4) is 0 Å². The van der Waals surface area contributed by atoms with Crippen LogP contribution in [0.2, 0.25) is 0 Å². The van der Waals surface area contributed by atoms with Gasteiger partial charge in [-0.05, 0) is 64.6 Å². The van der Waals surface area contributed by atoms with E-state index >= 15 is 0 Å². The largest absolute Gasteiger partial charge is 0.493 e. The number of hydrogen-bond donors (Lipinski definition) is 1. The van der Waals surface area contributed by atoms with Crippen molar-refractivity contribution < 1.29 is 28.2 Å². The van der Waals surface area contributed by atoms with Gasteiger partial charge >= 0.3 is 6.03 Å². The molecular weight excluding hydrogens is 475 g/mol. The molecule has 1 saturated heterocycles. The summed E-state index contributed by atoms with van der Waals surface area (Å²) in [6, 6.07) is 17.1. The number of halogens is 1. The highest BCUT2D eigenvalue weighted by Crippen LogP contribution is 2.31. The van der Waals surface area contributed by atoms with Crippen LogP contribution in [0.25, 0.3) is 6.08 Å². The summed E-state index contributed by atoms with van der Waals surface area (Å²) >= 11 is 0. The first kappa shape index (κ1) is 25.6. The Morgan fingerprint density at radius 2 is 1.59 bits per heavy atom. The van der Waals surface area contributed by atoms with Crippen LogP contribution in [-0.2, 0) is 21.6 Å². The van der Waals surface area contributed by atoms with Gasteiger partial charge in [-0.3, -0.25) is 14.9 Å². The predicted molar refractivity (Wildman–Crippen MR) is 138 cm³/mol. The smallest absolute Gasteiger partial charge is 0.335 e. The highest BCUT2D eigenvalue weighted by atomic mass is 19.1. The zero-order valence-corrected chi connectivity index (χ0v) is 21.0. The van der Waals surface area contributed by atoms with Gasteiger partial charge in [0.05, 0.1) is 12.8 Å². The van der Waals surface area contributed by atoms with Crippen molar-refractivity contribution in [2.75, 3.05) is 12.0 Å². The Morgan fingerprint density at radius 3 is 2.22 bits per heavy atom. The Labute approximate surface area is 214 Å². The van der Waals surface area contributed by atoms with Crippen LogP contribution in [-0.4, -0.2) is 25.0 Å². The first-order valence-corrected chi connectivity index (χ1v) is 11.6. The molecular formula is C29H27FN2O5. The summed E-state index contributed by atoms with van der Waals surface area (Å²) < 4.78 is 24.3. The minimum absolute atomic E-state index is 0.0956. The van der Waals surface area contributed by atoms with E-state index in [1.807, 2.05) is 12.1 Å². The highest BCUT2D eigenvalue weighted by molar-refractivity contribution is 6.39. The zero-order valence-electron chi connectivity index (χ0n) is 21.0. The lowest BCUT2D eigenvalue weighted by atomic mass is 9.87. The van der Waals surface area contributed by atoms with E-state index in [9.17, 15) is 18.8 Å². The molecule has 1 heterocycles. The molecule has 1 aliphatic heterocycles. The van der Waals surface area contributed by atoms with E-state index in [1.54, 1.807) is 42.5 Å². The molecule has 7 nitrogen and oxygen atoms in total. The van der Waals surface area contributed by atoms with E-state index in [1.165, 1.54) is 25.3 Å². The molecule has 4 amide bonds. The van der Waals surface area contributed by atoms with Gasteiger partial charge in [-0.15, -0.1) is 0 Å². The SMILES string of the molecule is COc1cc(/C=C2\C(=O)NC(=O)N(c3ccc(C(C)(C)C)cc3)C2=O)ccc1OCc1ccc(F)cc1. The molecule has 1 aliphatic rings. The highest BCUT2D eigenvalue weighted by Gasteiger charge is 2.37. The summed E-state index contributed by atoms with van der Waals surface area (Å²) in [7, 11) is 1.47.